The molecule has 0 aliphatic rings. The van der Waals surface area contributed by atoms with Crippen LogP contribution in [0.3, 0.4) is 0 Å². The third kappa shape index (κ3) is 5.23. The molecule has 156 valence electrons. The van der Waals surface area contributed by atoms with E-state index in [2.05, 4.69) is 0 Å². The van der Waals surface area contributed by atoms with E-state index in [1.54, 1.807) is 18.2 Å². The fraction of sp³-hybridized carbons (Fsp3) is 0.208. The molecular weight excluding hydrogens is 385 g/mol. The molecule has 0 radical (unpaired) electrons. The summed E-state index contributed by atoms with van der Waals surface area (Å²) in [7, 11) is 0. The van der Waals surface area contributed by atoms with Gasteiger partial charge in [0.15, 0.2) is 0 Å². The number of nitrogens with zero attached hydrogens (tertiary/aromatic N) is 1. The number of benzene rings is 2. The van der Waals surface area contributed by atoms with Crippen LogP contribution in [0.25, 0.3) is 22.9 Å². The molecule has 0 aliphatic carbocycles. The minimum Gasteiger partial charge on any atom is -0.550 e. The maximum absolute atomic E-state index is 13.4. The molecule has 0 fully saturated rings. The quantitative estimate of drug-likeness (QED) is 0.600. The van der Waals surface area contributed by atoms with Gasteiger partial charge in [0.2, 0.25) is 0 Å². The van der Waals surface area contributed by atoms with E-state index in [-0.39, 0.29) is 12.2 Å². The Morgan fingerprint density at radius 2 is 1.80 bits per heavy atom. The molecule has 5 nitrogen and oxygen atoms in total. The van der Waals surface area contributed by atoms with Crippen LogP contribution in [-0.4, -0.2) is 33.0 Å². The Morgan fingerprint density at radius 1 is 1.13 bits per heavy atom. The second-order valence-corrected chi connectivity index (χ2v) is 7.15. The van der Waals surface area contributed by atoms with E-state index in [0.29, 0.717) is 0 Å². The molecular formula is C24H23FNO4-. The predicted octanol–water partition coefficient (Wildman–Crippen LogP) is 2.86. The highest BCUT2D eigenvalue weighted by Gasteiger charge is 2.15. The summed E-state index contributed by atoms with van der Waals surface area (Å²) in [6, 6.07) is 15.9. The molecule has 6 heteroatoms. The van der Waals surface area contributed by atoms with Gasteiger partial charge in [-0.1, -0.05) is 42.5 Å². The van der Waals surface area contributed by atoms with Crippen LogP contribution in [0.15, 0.2) is 66.9 Å². The molecule has 0 bridgehead atoms. The van der Waals surface area contributed by atoms with Crippen LogP contribution >= 0.6 is 0 Å². The molecule has 2 atom stereocenters. The van der Waals surface area contributed by atoms with Crippen LogP contribution in [0.5, 0.6) is 0 Å². The number of rotatable bonds is 8. The zero-order valence-corrected chi connectivity index (χ0v) is 16.5. The smallest absolute Gasteiger partial charge is 0.123 e. The lowest BCUT2D eigenvalue weighted by atomic mass is 10.0. The highest BCUT2D eigenvalue weighted by molar-refractivity contribution is 5.78. The lowest BCUT2D eigenvalue weighted by Crippen LogP contribution is -2.29. The molecule has 0 aliphatic heterocycles. The maximum atomic E-state index is 13.4. The maximum Gasteiger partial charge on any atom is 0.123 e. The second-order valence-electron chi connectivity index (χ2n) is 7.15. The van der Waals surface area contributed by atoms with Gasteiger partial charge in [-0.15, -0.1) is 0 Å². The van der Waals surface area contributed by atoms with Gasteiger partial charge in [0.1, 0.15) is 5.82 Å². The topological polar surface area (TPSA) is 85.5 Å². The number of para-hydroxylation sites is 1. The zero-order valence-electron chi connectivity index (χ0n) is 16.5. The van der Waals surface area contributed by atoms with Crippen LogP contribution in [-0.2, 0) is 4.79 Å². The monoisotopic (exact) mass is 408 g/mol. The van der Waals surface area contributed by atoms with Crippen molar-refractivity contribution in [2.75, 3.05) is 0 Å². The molecule has 1 aromatic heterocycles. The number of carboxylic acids is 1. The minimum absolute atomic E-state index is 0.116. The van der Waals surface area contributed by atoms with E-state index < -0.39 is 24.6 Å². The van der Waals surface area contributed by atoms with E-state index in [0.717, 1.165) is 28.1 Å². The average Bonchev–Trinajstić information content (AvgIpc) is 3.03. The highest BCUT2D eigenvalue weighted by atomic mass is 19.1. The van der Waals surface area contributed by atoms with Crippen molar-refractivity contribution in [2.45, 2.75) is 32.0 Å². The Balaban J connectivity index is 1.96. The predicted molar refractivity (Wildman–Crippen MR) is 111 cm³/mol. The van der Waals surface area contributed by atoms with Crippen molar-refractivity contribution >= 4 is 12.0 Å². The largest absolute Gasteiger partial charge is 0.550 e. The summed E-state index contributed by atoms with van der Waals surface area (Å²) >= 11 is 0. The molecule has 2 aromatic carbocycles. The van der Waals surface area contributed by atoms with Gasteiger partial charge in [-0.2, -0.15) is 0 Å². The Morgan fingerprint density at radius 3 is 2.43 bits per heavy atom. The van der Waals surface area contributed by atoms with Gasteiger partial charge < -0.3 is 24.7 Å². The van der Waals surface area contributed by atoms with Crippen molar-refractivity contribution in [2.24, 2.45) is 0 Å². The van der Waals surface area contributed by atoms with Crippen LogP contribution in [0.2, 0.25) is 0 Å². The molecule has 3 aromatic rings. The summed E-state index contributed by atoms with van der Waals surface area (Å²) in [6.45, 7) is 1.94. The number of aliphatic hydroxyl groups is 2. The van der Waals surface area contributed by atoms with E-state index in [1.165, 1.54) is 18.2 Å². The Kier molecular flexibility index (Phi) is 6.82. The Labute approximate surface area is 174 Å². The molecule has 0 spiro atoms. The molecule has 1 heterocycles. The first kappa shape index (κ1) is 21.5. The van der Waals surface area contributed by atoms with E-state index in [4.69, 9.17) is 0 Å². The SMILES string of the molecule is Cc1c(/C=C/[C@H](O)C[C@@H](O)CC(=O)[O-])c(-c2ccc(F)cc2)cn1-c1ccccc1. The number of hydrogen-bond acceptors (Lipinski definition) is 4. The molecule has 0 unspecified atom stereocenters. The first-order valence-electron chi connectivity index (χ1n) is 9.62. The Hall–Kier alpha value is -3.22. The summed E-state index contributed by atoms with van der Waals surface area (Å²) < 4.78 is 15.4. The van der Waals surface area contributed by atoms with Crippen molar-refractivity contribution in [3.63, 3.8) is 0 Å². The number of aliphatic hydroxyl groups excluding tert-OH is 2. The minimum atomic E-state index is -1.37. The molecule has 0 saturated heterocycles. The molecule has 0 amide bonds. The van der Waals surface area contributed by atoms with E-state index >= 15 is 0 Å². The van der Waals surface area contributed by atoms with Gasteiger partial charge in [0.25, 0.3) is 0 Å². The number of hydrogen-bond donors (Lipinski definition) is 2. The summed E-state index contributed by atoms with van der Waals surface area (Å²) in [6.07, 6.45) is 2.34. The van der Waals surface area contributed by atoms with Gasteiger partial charge >= 0.3 is 0 Å². The number of halogens is 1. The lowest BCUT2D eigenvalue weighted by molar-refractivity contribution is -0.307. The third-order valence-corrected chi connectivity index (χ3v) is 4.89. The number of carboxylic acid groups (broad SMARTS) is 1. The fourth-order valence-electron chi connectivity index (χ4n) is 3.39. The van der Waals surface area contributed by atoms with Crippen LogP contribution in [0.4, 0.5) is 4.39 Å². The van der Waals surface area contributed by atoms with Crippen molar-refractivity contribution < 1.29 is 24.5 Å². The van der Waals surface area contributed by atoms with Crippen LogP contribution in [0, 0.1) is 12.7 Å². The first-order chi connectivity index (χ1) is 14.3. The average molecular weight is 408 g/mol. The molecule has 3 rings (SSSR count). The number of aromatic nitrogens is 1. The third-order valence-electron chi connectivity index (χ3n) is 4.89. The molecule has 0 saturated carbocycles. The highest BCUT2D eigenvalue weighted by Crippen LogP contribution is 2.31. The van der Waals surface area contributed by atoms with Crippen molar-refractivity contribution in [3.8, 4) is 16.8 Å². The summed E-state index contributed by atoms with van der Waals surface area (Å²) in [4.78, 5) is 10.6. The summed E-state index contributed by atoms with van der Waals surface area (Å²) in [5.74, 6) is -1.69. The number of carbonyl (C=O) groups excluding carboxylic acids is 1. The second kappa shape index (κ2) is 9.52. The Bertz CT molecular complexity index is 1030. The normalized spacial score (nSPS) is 13.5. The van der Waals surface area contributed by atoms with Crippen molar-refractivity contribution in [1.82, 2.24) is 4.57 Å². The number of carbonyl (C=O) groups is 1. The van der Waals surface area contributed by atoms with Gasteiger partial charge in [-0.25, -0.2) is 4.39 Å². The van der Waals surface area contributed by atoms with E-state index in [9.17, 15) is 24.5 Å². The van der Waals surface area contributed by atoms with Crippen molar-refractivity contribution in [1.29, 1.82) is 0 Å². The van der Waals surface area contributed by atoms with E-state index in [1.807, 2.05) is 48.0 Å². The fourth-order valence-corrected chi connectivity index (χ4v) is 3.39. The van der Waals surface area contributed by atoms with Gasteiger partial charge in [-0.3, -0.25) is 0 Å². The molecule has 30 heavy (non-hydrogen) atoms. The molecule has 2 N–H and O–H groups in total. The van der Waals surface area contributed by atoms with Gasteiger partial charge in [0, 0.05) is 47.5 Å². The standard InChI is InChI=1S/C24H24FNO4/c1-16-22(12-11-20(27)13-21(28)14-24(29)30)23(17-7-9-18(25)10-8-17)15-26(16)19-5-3-2-4-6-19/h2-12,15,20-21,27-28H,13-14H2,1H3,(H,29,30)/p-1/b12-11+/t20-,21+/m0/s1. The summed E-state index contributed by atoms with van der Waals surface area (Å²) in [5, 5.41) is 30.5. The zero-order chi connectivity index (χ0) is 21.7. The van der Waals surface area contributed by atoms with Crippen molar-refractivity contribution in [3.05, 3.63) is 83.9 Å². The number of aliphatic carboxylic acids is 1. The lowest BCUT2D eigenvalue weighted by Gasteiger charge is -2.13. The van der Waals surface area contributed by atoms with Crippen LogP contribution < -0.4 is 5.11 Å². The van der Waals surface area contributed by atoms with Gasteiger partial charge in [-0.05, 0) is 36.8 Å². The van der Waals surface area contributed by atoms with Gasteiger partial charge in [0.05, 0.1) is 12.2 Å². The first-order valence-corrected chi connectivity index (χ1v) is 9.62. The summed E-state index contributed by atoms with van der Waals surface area (Å²) in [5.41, 5.74) is 4.39. The van der Waals surface area contributed by atoms with Crippen LogP contribution in [0.1, 0.15) is 24.1 Å².